The van der Waals surface area contributed by atoms with Crippen LogP contribution in [0.1, 0.15) is 22.3 Å². The molecule has 16 rings (SSSR count). The smallest absolute Gasteiger partial charge is 0.192 e. The van der Waals surface area contributed by atoms with Crippen LogP contribution in [0.2, 0.25) is 0 Å². The molecule has 4 nitrogen and oxygen atoms in total. The van der Waals surface area contributed by atoms with Crippen LogP contribution in [-0.4, -0.2) is 0 Å². The molecule has 0 N–H and O–H groups in total. The van der Waals surface area contributed by atoms with Crippen LogP contribution in [0.5, 0.6) is 0 Å². The summed E-state index contributed by atoms with van der Waals surface area (Å²) in [6, 6.07) is 26.1. The summed E-state index contributed by atoms with van der Waals surface area (Å²) < 4.78 is 47.8. The van der Waals surface area contributed by atoms with Gasteiger partial charge in [0, 0.05) is 38.1 Å². The lowest BCUT2D eigenvalue weighted by Gasteiger charge is -1.96. The Kier molecular flexibility index (Phi) is 13.2. The summed E-state index contributed by atoms with van der Waals surface area (Å²) >= 11 is 40.0. The number of benzene rings is 4. The number of rotatable bonds is 4. The van der Waals surface area contributed by atoms with Gasteiger partial charge >= 0.3 is 0 Å². The topological polar surface area (TPSA) is 52.6 Å². The van der Waals surface area contributed by atoms with Gasteiger partial charge in [0.2, 0.25) is 0 Å². The van der Waals surface area contributed by atoms with E-state index in [-0.39, 0.29) is 0 Å². The molecule has 0 aliphatic heterocycles. The molecule has 0 spiro atoms. The van der Waals surface area contributed by atoms with Crippen molar-refractivity contribution in [1.29, 1.82) is 0 Å². The SMILES string of the molecule is Cc1ccc2c(Br)c(-c3sc4c(sc5c6sc(-c7oc8cc(C)ccc8c7Br)c(Br)c6sc45)c3Br)oc2c1.Cc1ccc2c(I)c(-c3sc4c(oc5c4oc4c(I)c(-c6sc7cc(C)ccc7c6I)sc45)c3I)sc2c1. The highest BCUT2D eigenvalue weighted by Gasteiger charge is 2.31. The van der Waals surface area contributed by atoms with Gasteiger partial charge in [0.25, 0.3) is 0 Å². The molecule has 0 aliphatic rings. The second-order valence-electron chi connectivity index (χ2n) is 18.3. The summed E-state index contributed by atoms with van der Waals surface area (Å²) in [6.45, 7) is 8.48. The largest absolute Gasteiger partial charge is 0.454 e. The predicted octanol–water partition coefficient (Wildman–Crippen LogP) is 27.1. The average Bonchev–Trinajstić information content (AvgIpc) is 4.32. The van der Waals surface area contributed by atoms with E-state index in [9.17, 15) is 0 Å². The maximum absolute atomic E-state index is 6.60. The molecule has 12 heterocycles. The van der Waals surface area contributed by atoms with Gasteiger partial charge in [-0.1, -0.05) is 36.4 Å². The van der Waals surface area contributed by atoms with Crippen molar-refractivity contribution in [2.75, 3.05) is 0 Å². The molecule has 0 atom stereocenters. The number of hydrogen-bond donors (Lipinski definition) is 0. The van der Waals surface area contributed by atoms with Crippen LogP contribution >= 0.6 is 245 Å². The molecular weight excluding hydrogens is 1820 g/mol. The number of furan rings is 4. The number of halogens is 8. The van der Waals surface area contributed by atoms with Gasteiger partial charge in [-0.15, -0.1) is 90.7 Å². The molecule has 0 saturated carbocycles. The second kappa shape index (κ2) is 19.3. The van der Waals surface area contributed by atoms with E-state index in [1.54, 1.807) is 45.3 Å². The quantitative estimate of drug-likeness (QED) is 0.165. The number of aryl methyl sites for hydroxylation is 4. The Hall–Kier alpha value is -0.960. The highest BCUT2D eigenvalue weighted by atomic mass is 127. The summed E-state index contributed by atoms with van der Waals surface area (Å²) in [4.78, 5) is 7.42. The Morgan fingerprint density at radius 1 is 0.316 bits per heavy atom. The zero-order valence-electron chi connectivity index (χ0n) is 38.9. The van der Waals surface area contributed by atoms with Gasteiger partial charge in [0.1, 0.15) is 20.6 Å². The summed E-state index contributed by atoms with van der Waals surface area (Å²) in [7, 11) is 0. The van der Waals surface area contributed by atoms with Gasteiger partial charge in [-0.25, -0.2) is 0 Å². The highest BCUT2D eigenvalue weighted by molar-refractivity contribution is 14.1. The van der Waals surface area contributed by atoms with Crippen molar-refractivity contribution in [2.24, 2.45) is 0 Å². The van der Waals surface area contributed by atoms with E-state index < -0.39 is 0 Å². The van der Waals surface area contributed by atoms with E-state index in [2.05, 4.69) is 255 Å². The van der Waals surface area contributed by atoms with Gasteiger partial charge in [-0.05, 0) is 240 Å². The van der Waals surface area contributed by atoms with Crippen LogP contribution < -0.4 is 0 Å². The molecule has 0 bridgehead atoms. The lowest BCUT2D eigenvalue weighted by atomic mass is 10.2. The minimum atomic E-state index is 0.880. The first kappa shape index (κ1) is 51.9. The van der Waals surface area contributed by atoms with Crippen molar-refractivity contribution >= 4 is 347 Å². The van der Waals surface area contributed by atoms with Gasteiger partial charge in [0.15, 0.2) is 33.9 Å². The van der Waals surface area contributed by atoms with Crippen LogP contribution in [-0.2, 0) is 0 Å². The predicted molar refractivity (Wildman–Crippen MR) is 382 cm³/mol. The molecule has 16 aromatic rings. The first-order valence-electron chi connectivity index (χ1n) is 22.9. The van der Waals surface area contributed by atoms with Gasteiger partial charge < -0.3 is 17.7 Å². The van der Waals surface area contributed by atoms with Gasteiger partial charge in [0.05, 0.1) is 82.5 Å². The van der Waals surface area contributed by atoms with E-state index in [1.165, 1.54) is 104 Å². The lowest BCUT2D eigenvalue weighted by molar-refractivity contribution is 0.630. The third-order valence-electron chi connectivity index (χ3n) is 13.3. The monoisotopic (exact) mass is 1840 g/mol. The number of fused-ring (bicyclic) bond motifs is 14. The maximum Gasteiger partial charge on any atom is 0.192 e. The van der Waals surface area contributed by atoms with Crippen molar-refractivity contribution in [2.45, 2.75) is 27.7 Å². The zero-order valence-corrected chi connectivity index (χ0v) is 60.4. The van der Waals surface area contributed by atoms with Gasteiger partial charge in [-0.3, -0.25) is 0 Å². The normalized spacial score (nSPS) is 12.5. The van der Waals surface area contributed by atoms with E-state index in [0.29, 0.717) is 0 Å². The maximum atomic E-state index is 6.60. The Bertz CT molecular complexity index is 4550. The molecule has 0 aliphatic carbocycles. The third kappa shape index (κ3) is 7.90. The van der Waals surface area contributed by atoms with Crippen molar-refractivity contribution in [3.63, 3.8) is 0 Å². The van der Waals surface area contributed by atoms with Crippen LogP contribution in [0.25, 0.3) is 143 Å². The Morgan fingerprint density at radius 2 is 0.658 bits per heavy atom. The molecule has 376 valence electrons. The van der Waals surface area contributed by atoms with E-state index in [0.717, 1.165) is 92.8 Å². The highest BCUT2D eigenvalue weighted by Crippen LogP contribution is 2.60. The minimum absolute atomic E-state index is 0.880. The molecule has 76 heavy (non-hydrogen) atoms. The van der Waals surface area contributed by atoms with E-state index >= 15 is 0 Å². The van der Waals surface area contributed by atoms with Crippen LogP contribution in [0.15, 0.2) is 108 Å². The van der Waals surface area contributed by atoms with Crippen LogP contribution in [0, 0.1) is 42.0 Å². The summed E-state index contributed by atoms with van der Waals surface area (Å²) in [6.07, 6.45) is 0. The van der Waals surface area contributed by atoms with Crippen LogP contribution in [0.3, 0.4) is 0 Å². The molecule has 4 aromatic carbocycles. The van der Waals surface area contributed by atoms with Crippen molar-refractivity contribution in [3.8, 4) is 40.8 Å². The Balaban J connectivity index is 0.000000133. The van der Waals surface area contributed by atoms with Crippen molar-refractivity contribution in [3.05, 3.63) is 127 Å². The lowest BCUT2D eigenvalue weighted by Crippen LogP contribution is -1.75. The fourth-order valence-corrected chi connectivity index (χ4v) is 29.1. The van der Waals surface area contributed by atoms with Crippen LogP contribution in [0.4, 0.5) is 0 Å². The molecule has 0 radical (unpaired) electrons. The fraction of sp³-hybridized carbons (Fsp3) is 0.0714. The molecule has 0 amide bonds. The fourth-order valence-electron chi connectivity index (χ4n) is 9.60. The molecule has 0 fully saturated rings. The first-order chi connectivity index (χ1) is 36.6. The summed E-state index contributed by atoms with van der Waals surface area (Å²) in [5.41, 5.74) is 10.4. The van der Waals surface area contributed by atoms with Gasteiger partial charge in [-0.2, -0.15) is 0 Å². The summed E-state index contributed by atoms with van der Waals surface area (Å²) in [5, 5.41) is 4.85. The van der Waals surface area contributed by atoms with E-state index in [4.69, 9.17) is 17.7 Å². The molecule has 12 aromatic heterocycles. The molecule has 20 heteroatoms. The van der Waals surface area contributed by atoms with Crippen molar-refractivity contribution in [1.82, 2.24) is 0 Å². The van der Waals surface area contributed by atoms with Crippen molar-refractivity contribution < 1.29 is 17.7 Å². The second-order valence-corrected chi connectivity index (χ2v) is 34.0. The average molecular weight is 1840 g/mol. The molecular formula is C56H24Br4I4O4S8. The number of thiophene rings is 8. The van der Waals surface area contributed by atoms with E-state index in [1.807, 2.05) is 45.3 Å². The molecule has 0 saturated heterocycles. The molecule has 0 unspecified atom stereocenters. The first-order valence-corrected chi connectivity index (χ1v) is 36.9. The minimum Gasteiger partial charge on any atom is -0.454 e. The Morgan fingerprint density at radius 3 is 1.07 bits per heavy atom. The standard InChI is InChI=1S/C28H12Br4O2S4.C28H12I4O2S4/c1-9-3-5-11-13(7-9)33-19(15(11)29)21-17(31)23-25(35-21)27-28(37-23)26-24(38-27)18(32)22(36-26)20-16(30)12-6-4-10(2)8-14(12)34-20;1-9-3-5-11-13(7-9)35-23(15(11)29)25-17(31)19-27(37-25)21-22(33-19)28-20(34-21)18(32)26(38-28)24-16(30)12-6-4-10(2)8-14(12)36-24/h2*3-8H,1-2H3. The summed E-state index contributed by atoms with van der Waals surface area (Å²) in [5.74, 6) is 1.76. The zero-order chi connectivity index (χ0) is 52.1. The third-order valence-corrected chi connectivity index (χ3v) is 33.7. The Labute approximate surface area is 551 Å². The number of hydrogen-bond acceptors (Lipinski definition) is 12.